The quantitative estimate of drug-likeness (QED) is 0.785. The van der Waals surface area contributed by atoms with Crippen LogP contribution in [0, 0.1) is 0 Å². The van der Waals surface area contributed by atoms with Crippen LogP contribution < -0.4 is 5.32 Å². The molecule has 1 saturated carbocycles. The van der Waals surface area contributed by atoms with E-state index in [2.05, 4.69) is 10.5 Å². The first-order chi connectivity index (χ1) is 13.1. The van der Waals surface area contributed by atoms with Crippen LogP contribution in [0.15, 0.2) is 34.9 Å². The van der Waals surface area contributed by atoms with Crippen LogP contribution in [0.2, 0.25) is 5.02 Å². The van der Waals surface area contributed by atoms with Crippen molar-refractivity contribution in [3.63, 3.8) is 0 Å². The summed E-state index contributed by atoms with van der Waals surface area (Å²) in [5.41, 5.74) is 0.772. The molecule has 7 heteroatoms. The molecule has 1 aliphatic heterocycles. The minimum atomic E-state index is -0.740. The van der Waals surface area contributed by atoms with Crippen LogP contribution >= 0.6 is 11.6 Å². The summed E-state index contributed by atoms with van der Waals surface area (Å²) in [5.74, 6) is 0.338. The van der Waals surface area contributed by atoms with E-state index < -0.39 is 5.54 Å². The molecule has 0 unspecified atom stereocenters. The molecule has 6 nitrogen and oxygen atoms in total. The van der Waals surface area contributed by atoms with Crippen molar-refractivity contribution in [2.45, 2.75) is 57.0 Å². The Balaban J connectivity index is 1.50. The highest BCUT2D eigenvalue weighted by atomic mass is 35.5. The Bertz CT molecular complexity index is 838. The molecule has 0 bridgehead atoms. The Morgan fingerprint density at radius 3 is 2.44 bits per heavy atom. The number of benzene rings is 1. The SMILES string of the molecule is O=C1NC2(CCCCCCC2)C(=O)N1Cc1cc(-c2ccc(Cl)cc2)no1. The summed E-state index contributed by atoms with van der Waals surface area (Å²) >= 11 is 5.91. The number of aromatic nitrogens is 1. The van der Waals surface area contributed by atoms with E-state index in [1.54, 1.807) is 18.2 Å². The highest BCUT2D eigenvalue weighted by Crippen LogP contribution is 2.33. The number of halogens is 1. The van der Waals surface area contributed by atoms with E-state index in [0.717, 1.165) is 31.2 Å². The van der Waals surface area contributed by atoms with Crippen LogP contribution in [0.4, 0.5) is 4.79 Å². The third-order valence-electron chi connectivity index (χ3n) is 5.47. The maximum atomic E-state index is 13.0. The molecule has 27 heavy (non-hydrogen) atoms. The smallest absolute Gasteiger partial charge is 0.325 e. The third kappa shape index (κ3) is 3.58. The lowest BCUT2D eigenvalue weighted by Gasteiger charge is -2.28. The van der Waals surface area contributed by atoms with E-state index in [0.29, 0.717) is 29.3 Å². The van der Waals surface area contributed by atoms with Gasteiger partial charge >= 0.3 is 6.03 Å². The lowest BCUT2D eigenvalue weighted by molar-refractivity contribution is -0.132. The lowest BCUT2D eigenvalue weighted by atomic mass is 9.84. The van der Waals surface area contributed by atoms with E-state index in [4.69, 9.17) is 16.1 Å². The number of rotatable bonds is 3. The zero-order chi connectivity index (χ0) is 18.9. The van der Waals surface area contributed by atoms with Gasteiger partial charge in [0.25, 0.3) is 5.91 Å². The second kappa shape index (κ2) is 7.35. The maximum absolute atomic E-state index is 13.0. The Morgan fingerprint density at radius 1 is 1.07 bits per heavy atom. The molecule has 2 fully saturated rings. The molecule has 1 spiro atoms. The van der Waals surface area contributed by atoms with Crippen LogP contribution in [0.3, 0.4) is 0 Å². The summed E-state index contributed by atoms with van der Waals surface area (Å²) in [6, 6.07) is 8.67. The molecule has 2 heterocycles. The van der Waals surface area contributed by atoms with Crippen molar-refractivity contribution < 1.29 is 14.1 Å². The monoisotopic (exact) mass is 387 g/mol. The molecule has 0 atom stereocenters. The van der Waals surface area contributed by atoms with Gasteiger partial charge in [0, 0.05) is 16.7 Å². The number of carbonyl (C=O) groups excluding carboxylic acids is 2. The van der Waals surface area contributed by atoms with Crippen molar-refractivity contribution in [3.8, 4) is 11.3 Å². The molecule has 2 aromatic rings. The standard InChI is InChI=1S/C20H22ClN3O3/c21-15-8-6-14(7-9-15)17-12-16(27-23-17)13-24-18(25)20(22-19(24)26)10-4-2-1-3-5-11-20/h6-9,12H,1-5,10-11,13H2,(H,22,26). The summed E-state index contributed by atoms with van der Waals surface area (Å²) in [5, 5.41) is 7.66. The van der Waals surface area contributed by atoms with Gasteiger partial charge in [-0.2, -0.15) is 0 Å². The van der Waals surface area contributed by atoms with E-state index in [1.165, 1.54) is 11.3 Å². The van der Waals surface area contributed by atoms with Crippen LogP contribution in [0.1, 0.15) is 50.7 Å². The molecule has 3 amide bonds. The summed E-state index contributed by atoms with van der Waals surface area (Å²) in [6.07, 6.45) is 6.76. The molecule has 1 aromatic heterocycles. The number of nitrogens with zero attached hydrogens (tertiary/aromatic N) is 2. The van der Waals surface area contributed by atoms with Crippen LogP contribution in [0.25, 0.3) is 11.3 Å². The number of imide groups is 1. The van der Waals surface area contributed by atoms with Gasteiger partial charge < -0.3 is 9.84 Å². The van der Waals surface area contributed by atoms with E-state index in [9.17, 15) is 9.59 Å². The number of hydrogen-bond acceptors (Lipinski definition) is 4. The molecule has 1 aliphatic carbocycles. The lowest BCUT2D eigenvalue weighted by Crippen LogP contribution is -2.47. The first-order valence-corrected chi connectivity index (χ1v) is 9.81. The summed E-state index contributed by atoms with van der Waals surface area (Å²) in [6.45, 7) is 0.0903. The largest absolute Gasteiger partial charge is 0.359 e. The topological polar surface area (TPSA) is 75.4 Å². The zero-order valence-corrected chi connectivity index (χ0v) is 15.8. The van der Waals surface area contributed by atoms with Crippen molar-refractivity contribution in [1.82, 2.24) is 15.4 Å². The highest BCUT2D eigenvalue weighted by molar-refractivity contribution is 6.30. The molecule has 4 rings (SSSR count). The van der Waals surface area contributed by atoms with Crippen LogP contribution in [0.5, 0.6) is 0 Å². The second-order valence-corrected chi connectivity index (χ2v) is 7.79. The zero-order valence-electron chi connectivity index (χ0n) is 15.0. The van der Waals surface area contributed by atoms with E-state index in [-0.39, 0.29) is 18.5 Å². The molecule has 1 saturated heterocycles. The average molecular weight is 388 g/mol. The maximum Gasteiger partial charge on any atom is 0.325 e. The normalized spacial score (nSPS) is 19.8. The molecule has 1 N–H and O–H groups in total. The van der Waals surface area contributed by atoms with Gasteiger partial charge in [0.2, 0.25) is 0 Å². The molecular weight excluding hydrogens is 366 g/mol. The van der Waals surface area contributed by atoms with Gasteiger partial charge in [-0.05, 0) is 25.0 Å². The number of carbonyl (C=O) groups is 2. The Kier molecular flexibility index (Phi) is 4.91. The highest BCUT2D eigenvalue weighted by Gasteiger charge is 2.50. The van der Waals surface area contributed by atoms with Gasteiger partial charge in [-0.3, -0.25) is 9.69 Å². The van der Waals surface area contributed by atoms with Crippen molar-refractivity contribution in [2.75, 3.05) is 0 Å². The molecule has 0 radical (unpaired) electrons. The van der Waals surface area contributed by atoms with Gasteiger partial charge in [0.05, 0.1) is 6.54 Å². The van der Waals surface area contributed by atoms with Gasteiger partial charge in [0.1, 0.15) is 11.2 Å². The minimum absolute atomic E-state index is 0.0903. The Labute approximate surface area is 162 Å². The summed E-state index contributed by atoms with van der Waals surface area (Å²) < 4.78 is 5.37. The van der Waals surface area contributed by atoms with Crippen molar-refractivity contribution in [3.05, 3.63) is 41.1 Å². The molecular formula is C20H22ClN3O3. The number of amides is 3. The van der Waals surface area contributed by atoms with Crippen molar-refractivity contribution >= 4 is 23.5 Å². The third-order valence-corrected chi connectivity index (χ3v) is 5.72. The molecule has 1 aromatic carbocycles. The summed E-state index contributed by atoms with van der Waals surface area (Å²) in [4.78, 5) is 26.8. The fourth-order valence-electron chi connectivity index (χ4n) is 3.97. The summed E-state index contributed by atoms with van der Waals surface area (Å²) in [7, 11) is 0. The predicted molar refractivity (Wildman–Crippen MR) is 101 cm³/mol. The molecule has 2 aliphatic rings. The number of urea groups is 1. The average Bonchev–Trinajstić information content (AvgIpc) is 3.18. The predicted octanol–water partition coefficient (Wildman–Crippen LogP) is 4.53. The van der Waals surface area contributed by atoms with Gasteiger partial charge in [-0.25, -0.2) is 4.79 Å². The Hall–Kier alpha value is -2.34. The van der Waals surface area contributed by atoms with Crippen molar-refractivity contribution in [1.29, 1.82) is 0 Å². The van der Waals surface area contributed by atoms with E-state index >= 15 is 0 Å². The first-order valence-electron chi connectivity index (χ1n) is 9.43. The van der Waals surface area contributed by atoms with Crippen LogP contribution in [-0.4, -0.2) is 27.5 Å². The van der Waals surface area contributed by atoms with Gasteiger partial charge in [0.15, 0.2) is 5.76 Å². The van der Waals surface area contributed by atoms with Crippen LogP contribution in [-0.2, 0) is 11.3 Å². The van der Waals surface area contributed by atoms with Gasteiger partial charge in [-0.1, -0.05) is 61.0 Å². The number of nitrogens with one attached hydrogen (secondary N) is 1. The number of hydrogen-bond donors (Lipinski definition) is 1. The fourth-order valence-corrected chi connectivity index (χ4v) is 4.09. The van der Waals surface area contributed by atoms with Gasteiger partial charge in [-0.15, -0.1) is 0 Å². The second-order valence-electron chi connectivity index (χ2n) is 7.36. The molecule has 142 valence electrons. The minimum Gasteiger partial charge on any atom is -0.359 e. The fraction of sp³-hybridized carbons (Fsp3) is 0.450. The Morgan fingerprint density at radius 2 is 1.74 bits per heavy atom. The first kappa shape index (κ1) is 18.0. The van der Waals surface area contributed by atoms with E-state index in [1.807, 2.05) is 12.1 Å². The van der Waals surface area contributed by atoms with Crippen molar-refractivity contribution in [2.24, 2.45) is 0 Å².